The normalized spacial score (nSPS) is 10.2. The van der Waals surface area contributed by atoms with Gasteiger partial charge in [-0.25, -0.2) is 4.98 Å². The molecule has 1 N–H and O–H groups in total. The van der Waals surface area contributed by atoms with Gasteiger partial charge in [-0.3, -0.25) is 4.79 Å². The number of nitrogens with zero attached hydrogens (tertiary/aromatic N) is 1. The van der Waals surface area contributed by atoms with Gasteiger partial charge in [-0.05, 0) is 17.7 Å². The molecule has 0 aliphatic carbocycles. The van der Waals surface area contributed by atoms with Gasteiger partial charge >= 0.3 is 0 Å². The van der Waals surface area contributed by atoms with Gasteiger partial charge < -0.3 is 4.98 Å². The lowest BCUT2D eigenvalue weighted by Gasteiger charge is -2.00. The van der Waals surface area contributed by atoms with Crippen molar-refractivity contribution in [3.63, 3.8) is 0 Å². The van der Waals surface area contributed by atoms with Gasteiger partial charge in [-0.2, -0.15) is 0 Å². The zero-order valence-corrected chi connectivity index (χ0v) is 8.66. The monoisotopic (exact) mass is 220 g/mol. The van der Waals surface area contributed by atoms with Crippen molar-refractivity contribution in [1.82, 2.24) is 9.97 Å². The minimum atomic E-state index is -0.137. The van der Waals surface area contributed by atoms with Crippen LogP contribution in [0.5, 0.6) is 0 Å². The molecule has 0 radical (unpaired) electrons. The first kappa shape index (κ1) is 9.93. The Morgan fingerprint density at radius 1 is 1.33 bits per heavy atom. The number of nitrogens with one attached hydrogen (secondary N) is 1. The summed E-state index contributed by atoms with van der Waals surface area (Å²) in [4.78, 5) is 17.8. The summed E-state index contributed by atoms with van der Waals surface area (Å²) in [7, 11) is 0. The molecule has 0 spiro atoms. The van der Waals surface area contributed by atoms with E-state index in [9.17, 15) is 4.79 Å². The Kier molecular flexibility index (Phi) is 2.83. The van der Waals surface area contributed by atoms with E-state index in [4.69, 9.17) is 11.6 Å². The van der Waals surface area contributed by atoms with E-state index < -0.39 is 0 Å². The van der Waals surface area contributed by atoms with Crippen molar-refractivity contribution >= 4 is 11.6 Å². The topological polar surface area (TPSA) is 45.8 Å². The van der Waals surface area contributed by atoms with Crippen LogP contribution in [0, 0.1) is 0 Å². The molecule has 76 valence electrons. The molecule has 0 fully saturated rings. The number of benzene rings is 1. The minimum Gasteiger partial charge on any atom is -0.310 e. The SMILES string of the molecule is O=c1ccnc(Cc2cccc(Cl)c2)[nH]1. The zero-order valence-electron chi connectivity index (χ0n) is 7.90. The first-order chi connectivity index (χ1) is 7.24. The molecule has 3 nitrogen and oxygen atoms in total. The van der Waals surface area contributed by atoms with Crippen molar-refractivity contribution in [2.45, 2.75) is 6.42 Å². The lowest BCUT2D eigenvalue weighted by Crippen LogP contribution is -2.09. The minimum absolute atomic E-state index is 0.137. The van der Waals surface area contributed by atoms with Gasteiger partial charge in [0.2, 0.25) is 0 Å². The molecule has 0 saturated carbocycles. The summed E-state index contributed by atoms with van der Waals surface area (Å²) in [6.07, 6.45) is 2.08. The first-order valence-corrected chi connectivity index (χ1v) is 4.90. The molecule has 4 heteroatoms. The Balaban J connectivity index is 2.26. The Morgan fingerprint density at radius 3 is 2.93 bits per heavy atom. The van der Waals surface area contributed by atoms with Gasteiger partial charge in [0.1, 0.15) is 5.82 Å². The fourth-order valence-corrected chi connectivity index (χ4v) is 1.55. The van der Waals surface area contributed by atoms with E-state index in [0.29, 0.717) is 17.3 Å². The van der Waals surface area contributed by atoms with Gasteiger partial charge in [0.15, 0.2) is 0 Å². The van der Waals surface area contributed by atoms with Crippen LogP contribution in [0.25, 0.3) is 0 Å². The van der Waals surface area contributed by atoms with Gasteiger partial charge in [-0.15, -0.1) is 0 Å². The smallest absolute Gasteiger partial charge is 0.250 e. The Labute approximate surface area is 91.8 Å². The number of hydrogen-bond donors (Lipinski definition) is 1. The predicted molar refractivity (Wildman–Crippen MR) is 59.1 cm³/mol. The molecular weight excluding hydrogens is 212 g/mol. The zero-order chi connectivity index (χ0) is 10.7. The number of aromatic amines is 1. The van der Waals surface area contributed by atoms with Crippen molar-refractivity contribution < 1.29 is 0 Å². The van der Waals surface area contributed by atoms with E-state index in [2.05, 4.69) is 9.97 Å². The molecule has 15 heavy (non-hydrogen) atoms. The fraction of sp³-hybridized carbons (Fsp3) is 0.0909. The van der Waals surface area contributed by atoms with Crippen LogP contribution in [-0.2, 0) is 6.42 Å². The van der Waals surface area contributed by atoms with Gasteiger partial charge in [0.05, 0.1) is 0 Å². The molecule has 0 bridgehead atoms. The predicted octanol–water partition coefficient (Wildman–Crippen LogP) is 2.01. The lowest BCUT2D eigenvalue weighted by molar-refractivity contribution is 0.946. The second-order valence-electron chi connectivity index (χ2n) is 3.19. The van der Waals surface area contributed by atoms with Crippen molar-refractivity contribution in [2.75, 3.05) is 0 Å². The van der Waals surface area contributed by atoms with Crippen molar-refractivity contribution in [3.05, 3.63) is 63.3 Å². The number of rotatable bonds is 2. The number of H-pyrrole nitrogens is 1. The van der Waals surface area contributed by atoms with Crippen LogP contribution in [-0.4, -0.2) is 9.97 Å². The first-order valence-electron chi connectivity index (χ1n) is 4.53. The summed E-state index contributed by atoms with van der Waals surface area (Å²) in [6, 6.07) is 8.87. The summed E-state index contributed by atoms with van der Waals surface area (Å²) in [6.45, 7) is 0. The molecule has 2 rings (SSSR count). The summed E-state index contributed by atoms with van der Waals surface area (Å²) in [5, 5.41) is 0.686. The van der Waals surface area contributed by atoms with E-state index in [1.165, 1.54) is 12.3 Å². The van der Waals surface area contributed by atoms with Crippen LogP contribution in [0.1, 0.15) is 11.4 Å². The highest BCUT2D eigenvalue weighted by molar-refractivity contribution is 6.30. The van der Waals surface area contributed by atoms with Gasteiger partial charge in [0.25, 0.3) is 5.56 Å². The maximum Gasteiger partial charge on any atom is 0.250 e. The van der Waals surface area contributed by atoms with Crippen LogP contribution in [0.2, 0.25) is 5.02 Å². The molecule has 1 aromatic carbocycles. The van der Waals surface area contributed by atoms with E-state index in [-0.39, 0.29) is 5.56 Å². The van der Waals surface area contributed by atoms with Crippen molar-refractivity contribution in [2.24, 2.45) is 0 Å². The molecule has 0 aliphatic rings. The van der Waals surface area contributed by atoms with Crippen LogP contribution in [0.3, 0.4) is 0 Å². The second-order valence-corrected chi connectivity index (χ2v) is 3.62. The molecule has 2 aromatic rings. The standard InChI is InChI=1S/C11H9ClN2O/c12-9-3-1-2-8(6-9)7-10-13-5-4-11(15)14-10/h1-6H,7H2,(H,13,14,15). The van der Waals surface area contributed by atoms with Gasteiger partial charge in [-0.1, -0.05) is 23.7 Å². The summed E-state index contributed by atoms with van der Waals surface area (Å²) < 4.78 is 0. The van der Waals surface area contributed by atoms with E-state index >= 15 is 0 Å². The number of aromatic nitrogens is 2. The van der Waals surface area contributed by atoms with Crippen molar-refractivity contribution in [3.8, 4) is 0 Å². The molecule has 1 heterocycles. The molecular formula is C11H9ClN2O. The Hall–Kier alpha value is -1.61. The summed E-state index contributed by atoms with van der Waals surface area (Å²) >= 11 is 5.85. The highest BCUT2D eigenvalue weighted by Gasteiger charge is 1.98. The second kappa shape index (κ2) is 4.28. The van der Waals surface area contributed by atoms with Crippen LogP contribution in [0.15, 0.2) is 41.3 Å². The highest BCUT2D eigenvalue weighted by atomic mass is 35.5. The Morgan fingerprint density at radius 2 is 2.20 bits per heavy atom. The average Bonchev–Trinajstić information content (AvgIpc) is 2.17. The van der Waals surface area contributed by atoms with Crippen LogP contribution < -0.4 is 5.56 Å². The molecule has 1 aromatic heterocycles. The molecule has 0 saturated heterocycles. The molecule has 0 atom stereocenters. The quantitative estimate of drug-likeness (QED) is 0.842. The van der Waals surface area contributed by atoms with E-state index in [1.807, 2.05) is 24.3 Å². The average molecular weight is 221 g/mol. The maximum absolute atomic E-state index is 11.0. The largest absolute Gasteiger partial charge is 0.310 e. The lowest BCUT2D eigenvalue weighted by atomic mass is 10.1. The van der Waals surface area contributed by atoms with Gasteiger partial charge in [0, 0.05) is 23.7 Å². The maximum atomic E-state index is 11.0. The van der Waals surface area contributed by atoms with Crippen LogP contribution in [0.4, 0.5) is 0 Å². The fourth-order valence-electron chi connectivity index (χ4n) is 1.34. The summed E-state index contributed by atoms with van der Waals surface area (Å²) in [5.41, 5.74) is 0.888. The third-order valence-electron chi connectivity index (χ3n) is 1.98. The van der Waals surface area contributed by atoms with E-state index in [1.54, 1.807) is 0 Å². The highest BCUT2D eigenvalue weighted by Crippen LogP contribution is 2.12. The number of halogens is 1. The molecule has 0 unspecified atom stereocenters. The third kappa shape index (κ3) is 2.67. The third-order valence-corrected chi connectivity index (χ3v) is 2.22. The summed E-state index contributed by atoms with van der Waals surface area (Å²) in [5.74, 6) is 0.643. The van der Waals surface area contributed by atoms with Crippen LogP contribution >= 0.6 is 11.6 Å². The molecule has 0 amide bonds. The van der Waals surface area contributed by atoms with Crippen molar-refractivity contribution in [1.29, 1.82) is 0 Å². The Bertz CT molecular complexity index is 522. The van der Waals surface area contributed by atoms with E-state index in [0.717, 1.165) is 5.56 Å². The number of hydrogen-bond acceptors (Lipinski definition) is 2. The molecule has 0 aliphatic heterocycles.